The van der Waals surface area contributed by atoms with Gasteiger partial charge in [0.15, 0.2) is 0 Å². The van der Waals surface area contributed by atoms with Gasteiger partial charge < -0.3 is 9.80 Å². The lowest BCUT2D eigenvalue weighted by atomic mass is 9.97. The molecule has 0 N–H and O–H groups in total. The summed E-state index contributed by atoms with van der Waals surface area (Å²) in [7, 11) is 1.93. The van der Waals surface area contributed by atoms with Gasteiger partial charge in [-0.2, -0.15) is 0 Å². The number of nitrogens with zero attached hydrogens (tertiary/aromatic N) is 4. The van der Waals surface area contributed by atoms with E-state index in [0.717, 1.165) is 52.1 Å². The maximum absolute atomic E-state index is 11.6. The SMILES string of the molecule is Cc1cnccc1N1CCN(CC2CCC(=O)N(C)C2)CC1. The van der Waals surface area contributed by atoms with E-state index in [4.69, 9.17) is 0 Å². The molecule has 0 spiro atoms. The average molecular weight is 302 g/mol. The summed E-state index contributed by atoms with van der Waals surface area (Å²) in [6, 6.07) is 2.12. The van der Waals surface area contributed by atoms with E-state index in [1.807, 2.05) is 24.3 Å². The standard InChI is InChI=1S/C17H26N4O/c1-14-11-18-6-5-16(14)21-9-7-20(8-10-21)13-15-3-4-17(22)19(2)12-15/h5-6,11,15H,3-4,7-10,12-13H2,1-2H3. The number of likely N-dealkylation sites (tertiary alicyclic amines) is 1. The summed E-state index contributed by atoms with van der Waals surface area (Å²) in [4.78, 5) is 22.7. The van der Waals surface area contributed by atoms with Gasteiger partial charge in [0, 0.05) is 70.8 Å². The highest BCUT2D eigenvalue weighted by Gasteiger charge is 2.26. The lowest BCUT2D eigenvalue weighted by molar-refractivity contribution is -0.133. The quantitative estimate of drug-likeness (QED) is 0.846. The molecule has 2 aliphatic rings. The van der Waals surface area contributed by atoms with E-state index in [1.54, 1.807) is 0 Å². The number of pyridine rings is 1. The van der Waals surface area contributed by atoms with E-state index in [1.165, 1.54) is 11.3 Å². The Morgan fingerprint density at radius 2 is 2.05 bits per heavy atom. The predicted octanol–water partition coefficient (Wildman–Crippen LogP) is 1.38. The highest BCUT2D eigenvalue weighted by Crippen LogP contribution is 2.22. The van der Waals surface area contributed by atoms with Gasteiger partial charge in [0.1, 0.15) is 0 Å². The molecule has 3 rings (SSSR count). The Balaban J connectivity index is 1.50. The van der Waals surface area contributed by atoms with Crippen LogP contribution >= 0.6 is 0 Å². The second-order valence-corrected chi connectivity index (χ2v) is 6.63. The fraction of sp³-hybridized carbons (Fsp3) is 0.647. The van der Waals surface area contributed by atoms with Gasteiger partial charge in [0.25, 0.3) is 0 Å². The first kappa shape index (κ1) is 15.3. The van der Waals surface area contributed by atoms with Crippen LogP contribution in [0.5, 0.6) is 0 Å². The number of aromatic nitrogens is 1. The lowest BCUT2D eigenvalue weighted by Gasteiger charge is -2.39. The molecule has 1 aromatic rings. The molecule has 0 bridgehead atoms. The highest BCUT2D eigenvalue weighted by atomic mass is 16.2. The molecule has 120 valence electrons. The molecule has 1 atom stereocenters. The molecular formula is C17H26N4O. The molecule has 1 amide bonds. The predicted molar refractivity (Wildman–Crippen MR) is 88.0 cm³/mol. The van der Waals surface area contributed by atoms with Gasteiger partial charge in [-0.3, -0.25) is 14.7 Å². The van der Waals surface area contributed by atoms with Crippen molar-refractivity contribution in [2.75, 3.05) is 51.2 Å². The molecule has 0 saturated carbocycles. The number of hydrogen-bond donors (Lipinski definition) is 0. The van der Waals surface area contributed by atoms with Crippen molar-refractivity contribution >= 4 is 11.6 Å². The molecule has 3 heterocycles. The molecule has 1 aromatic heterocycles. The first-order chi connectivity index (χ1) is 10.6. The average Bonchev–Trinajstić information content (AvgIpc) is 2.52. The Kier molecular flexibility index (Phi) is 4.62. The molecule has 2 aliphatic heterocycles. The lowest BCUT2D eigenvalue weighted by Crippen LogP contribution is -2.50. The maximum Gasteiger partial charge on any atom is 0.222 e. The Bertz CT molecular complexity index is 525. The molecule has 5 heteroatoms. The zero-order valence-corrected chi connectivity index (χ0v) is 13.7. The van der Waals surface area contributed by atoms with Crippen molar-refractivity contribution in [2.24, 2.45) is 5.92 Å². The minimum absolute atomic E-state index is 0.300. The van der Waals surface area contributed by atoms with Crippen LogP contribution < -0.4 is 4.90 Å². The van der Waals surface area contributed by atoms with E-state index in [0.29, 0.717) is 11.8 Å². The molecule has 5 nitrogen and oxygen atoms in total. The summed E-state index contributed by atoms with van der Waals surface area (Å²) in [6.45, 7) is 8.54. The van der Waals surface area contributed by atoms with Crippen molar-refractivity contribution in [2.45, 2.75) is 19.8 Å². The molecule has 0 aromatic carbocycles. The Morgan fingerprint density at radius 3 is 2.73 bits per heavy atom. The molecule has 22 heavy (non-hydrogen) atoms. The van der Waals surface area contributed by atoms with Crippen molar-refractivity contribution in [1.82, 2.24) is 14.8 Å². The zero-order valence-electron chi connectivity index (χ0n) is 13.7. The summed E-state index contributed by atoms with van der Waals surface area (Å²) in [5, 5.41) is 0. The summed E-state index contributed by atoms with van der Waals surface area (Å²) in [5.41, 5.74) is 2.57. The van der Waals surface area contributed by atoms with Crippen LogP contribution in [0.1, 0.15) is 18.4 Å². The summed E-state index contributed by atoms with van der Waals surface area (Å²) in [6.07, 6.45) is 5.59. The van der Waals surface area contributed by atoms with Gasteiger partial charge in [-0.1, -0.05) is 0 Å². The van der Waals surface area contributed by atoms with Crippen molar-refractivity contribution in [3.05, 3.63) is 24.0 Å². The number of anilines is 1. The zero-order chi connectivity index (χ0) is 15.5. The normalized spacial score (nSPS) is 23.9. The molecule has 2 fully saturated rings. The van der Waals surface area contributed by atoms with Crippen LogP contribution in [0.15, 0.2) is 18.5 Å². The van der Waals surface area contributed by atoms with Crippen molar-refractivity contribution in [1.29, 1.82) is 0 Å². The van der Waals surface area contributed by atoms with E-state index in [9.17, 15) is 4.79 Å². The minimum atomic E-state index is 0.300. The summed E-state index contributed by atoms with van der Waals surface area (Å²) < 4.78 is 0. The number of carbonyl (C=O) groups is 1. The number of amides is 1. The first-order valence-corrected chi connectivity index (χ1v) is 8.25. The minimum Gasteiger partial charge on any atom is -0.369 e. The third kappa shape index (κ3) is 3.40. The van der Waals surface area contributed by atoms with Crippen LogP contribution in [-0.2, 0) is 4.79 Å². The molecular weight excluding hydrogens is 276 g/mol. The van der Waals surface area contributed by atoms with Crippen LogP contribution in [0.4, 0.5) is 5.69 Å². The Hall–Kier alpha value is -1.62. The van der Waals surface area contributed by atoms with Crippen LogP contribution in [0.2, 0.25) is 0 Å². The van der Waals surface area contributed by atoms with Crippen LogP contribution in [0.25, 0.3) is 0 Å². The summed E-state index contributed by atoms with van der Waals surface area (Å²) >= 11 is 0. The number of hydrogen-bond acceptors (Lipinski definition) is 4. The molecule has 0 aliphatic carbocycles. The van der Waals surface area contributed by atoms with Gasteiger partial charge in [-0.25, -0.2) is 0 Å². The number of aryl methyl sites for hydroxylation is 1. The van der Waals surface area contributed by atoms with Gasteiger partial charge in [0.2, 0.25) is 5.91 Å². The molecule has 0 radical (unpaired) electrons. The van der Waals surface area contributed by atoms with Gasteiger partial charge >= 0.3 is 0 Å². The number of piperidine rings is 1. The fourth-order valence-electron chi connectivity index (χ4n) is 3.61. The Labute approximate surface area is 132 Å². The van der Waals surface area contributed by atoms with Gasteiger partial charge in [-0.15, -0.1) is 0 Å². The van der Waals surface area contributed by atoms with Crippen molar-refractivity contribution in [3.8, 4) is 0 Å². The van der Waals surface area contributed by atoms with Gasteiger partial charge in [-0.05, 0) is 30.9 Å². The number of rotatable bonds is 3. The second-order valence-electron chi connectivity index (χ2n) is 6.63. The van der Waals surface area contributed by atoms with Crippen LogP contribution in [0, 0.1) is 12.8 Å². The number of carbonyl (C=O) groups excluding carboxylic acids is 1. The van der Waals surface area contributed by atoms with E-state index in [2.05, 4.69) is 27.8 Å². The first-order valence-electron chi connectivity index (χ1n) is 8.25. The molecule has 2 saturated heterocycles. The third-order valence-corrected chi connectivity index (χ3v) is 4.94. The van der Waals surface area contributed by atoms with E-state index < -0.39 is 0 Å². The van der Waals surface area contributed by atoms with Crippen LogP contribution in [0.3, 0.4) is 0 Å². The smallest absolute Gasteiger partial charge is 0.222 e. The van der Waals surface area contributed by atoms with Gasteiger partial charge in [0.05, 0.1) is 0 Å². The third-order valence-electron chi connectivity index (χ3n) is 4.94. The molecule has 1 unspecified atom stereocenters. The van der Waals surface area contributed by atoms with E-state index in [-0.39, 0.29) is 0 Å². The largest absolute Gasteiger partial charge is 0.369 e. The van der Waals surface area contributed by atoms with Crippen molar-refractivity contribution < 1.29 is 4.79 Å². The Morgan fingerprint density at radius 1 is 1.27 bits per heavy atom. The second kappa shape index (κ2) is 6.65. The highest BCUT2D eigenvalue weighted by molar-refractivity contribution is 5.76. The van der Waals surface area contributed by atoms with Crippen LogP contribution in [-0.4, -0.2) is 67.0 Å². The topological polar surface area (TPSA) is 39.7 Å². The number of piperazine rings is 1. The monoisotopic (exact) mass is 302 g/mol. The van der Waals surface area contributed by atoms with E-state index >= 15 is 0 Å². The fourth-order valence-corrected chi connectivity index (χ4v) is 3.61. The summed E-state index contributed by atoms with van der Waals surface area (Å²) in [5.74, 6) is 0.936. The maximum atomic E-state index is 11.6. The van der Waals surface area contributed by atoms with Crippen molar-refractivity contribution in [3.63, 3.8) is 0 Å².